The number of amides is 1. The first-order valence-corrected chi connectivity index (χ1v) is 8.86. The first-order valence-electron chi connectivity index (χ1n) is 7.31. The van der Waals surface area contributed by atoms with Crippen LogP contribution in [0.1, 0.15) is 24.2 Å². The maximum absolute atomic E-state index is 12.5. The highest BCUT2D eigenvalue weighted by Crippen LogP contribution is 2.37. The first kappa shape index (κ1) is 18.9. The van der Waals surface area contributed by atoms with Gasteiger partial charge in [0.2, 0.25) is 0 Å². The number of hydrogen-bond acceptors (Lipinski definition) is 3. The molecule has 2 aromatic carbocycles. The molecule has 4 nitrogen and oxygen atoms in total. The van der Waals surface area contributed by atoms with Crippen molar-refractivity contribution in [2.45, 2.75) is 13.8 Å². The van der Waals surface area contributed by atoms with Crippen LogP contribution in [0.25, 0.3) is 0 Å². The summed E-state index contributed by atoms with van der Waals surface area (Å²) in [6.45, 7) is 4.69. The number of nitrogens with one attached hydrogen (secondary N) is 1. The number of benzene rings is 2. The van der Waals surface area contributed by atoms with Crippen molar-refractivity contribution in [3.63, 3.8) is 0 Å². The smallest absolute Gasteiger partial charge is 0.255 e. The molecular weight excluding hydrogens is 417 g/mol. The van der Waals surface area contributed by atoms with Crippen LogP contribution in [0.3, 0.4) is 0 Å². The summed E-state index contributed by atoms with van der Waals surface area (Å²) in [5.41, 5.74) is 0.897. The average Bonchev–Trinajstić information content (AvgIpc) is 2.53. The molecule has 2 aromatic rings. The summed E-state index contributed by atoms with van der Waals surface area (Å²) >= 11 is 15.4. The molecular formula is C17H16BrCl2NO3. The van der Waals surface area contributed by atoms with E-state index in [-0.39, 0.29) is 5.91 Å². The van der Waals surface area contributed by atoms with Gasteiger partial charge in [-0.25, -0.2) is 0 Å². The maximum Gasteiger partial charge on any atom is 0.255 e. The molecule has 0 fully saturated rings. The molecule has 0 aliphatic carbocycles. The van der Waals surface area contributed by atoms with Crippen molar-refractivity contribution in [1.82, 2.24) is 0 Å². The van der Waals surface area contributed by atoms with Crippen LogP contribution in [0.15, 0.2) is 34.8 Å². The molecule has 0 heterocycles. The zero-order valence-corrected chi connectivity index (χ0v) is 16.3. The second-order valence-corrected chi connectivity index (χ2v) is 6.43. The third kappa shape index (κ3) is 4.56. The van der Waals surface area contributed by atoms with Gasteiger partial charge >= 0.3 is 0 Å². The van der Waals surface area contributed by atoms with E-state index in [1.807, 2.05) is 13.8 Å². The average molecular weight is 433 g/mol. The van der Waals surface area contributed by atoms with Crippen molar-refractivity contribution < 1.29 is 14.3 Å². The summed E-state index contributed by atoms with van der Waals surface area (Å²) in [5.74, 6) is 0.755. The van der Waals surface area contributed by atoms with Crippen LogP contribution in [0.2, 0.25) is 10.0 Å². The van der Waals surface area contributed by atoms with E-state index in [1.165, 1.54) is 0 Å². The Balaban J connectivity index is 2.31. The molecule has 1 amide bonds. The monoisotopic (exact) mass is 431 g/mol. The van der Waals surface area contributed by atoms with Crippen LogP contribution in [-0.2, 0) is 0 Å². The molecule has 0 aliphatic rings. The largest absolute Gasteiger partial charge is 0.490 e. The number of rotatable bonds is 6. The Hall–Kier alpha value is -1.43. The standard InChI is InChI=1S/C17H16BrCl2NO3/c1-3-23-15-8-10(7-12(18)16(15)24-4-2)17(22)21-14-6-5-11(19)9-13(14)20/h5-9H,3-4H2,1-2H3,(H,21,22). The number of halogens is 3. The molecule has 128 valence electrons. The minimum Gasteiger partial charge on any atom is -0.490 e. The zero-order chi connectivity index (χ0) is 17.7. The third-order valence-corrected chi connectivity index (χ3v) is 4.18. The zero-order valence-electron chi connectivity index (χ0n) is 13.2. The molecule has 7 heteroatoms. The number of carbonyl (C=O) groups is 1. The Labute approximate surface area is 159 Å². The lowest BCUT2D eigenvalue weighted by Crippen LogP contribution is -2.13. The summed E-state index contributed by atoms with van der Waals surface area (Å²) in [6, 6.07) is 8.18. The second kappa shape index (κ2) is 8.60. The highest BCUT2D eigenvalue weighted by molar-refractivity contribution is 9.10. The van der Waals surface area contributed by atoms with E-state index in [1.54, 1.807) is 30.3 Å². The molecule has 24 heavy (non-hydrogen) atoms. The maximum atomic E-state index is 12.5. The quantitative estimate of drug-likeness (QED) is 0.626. The Morgan fingerprint density at radius 3 is 2.46 bits per heavy atom. The van der Waals surface area contributed by atoms with Crippen molar-refractivity contribution >= 4 is 50.7 Å². The molecule has 1 N–H and O–H groups in total. The summed E-state index contributed by atoms with van der Waals surface area (Å²) in [4.78, 5) is 12.5. The highest BCUT2D eigenvalue weighted by Gasteiger charge is 2.16. The van der Waals surface area contributed by atoms with E-state index in [0.29, 0.717) is 50.5 Å². The van der Waals surface area contributed by atoms with Crippen molar-refractivity contribution in [3.8, 4) is 11.5 Å². The molecule has 0 spiro atoms. The van der Waals surface area contributed by atoms with Gasteiger partial charge in [0.25, 0.3) is 5.91 Å². The van der Waals surface area contributed by atoms with Crippen molar-refractivity contribution in [2.24, 2.45) is 0 Å². The molecule has 0 saturated heterocycles. The van der Waals surface area contributed by atoms with E-state index in [0.717, 1.165) is 0 Å². The third-order valence-electron chi connectivity index (χ3n) is 3.04. The van der Waals surface area contributed by atoms with E-state index in [9.17, 15) is 4.79 Å². The van der Waals surface area contributed by atoms with Crippen molar-refractivity contribution in [3.05, 3.63) is 50.4 Å². The predicted molar refractivity (Wildman–Crippen MR) is 101 cm³/mol. The van der Waals surface area contributed by atoms with Gasteiger partial charge < -0.3 is 14.8 Å². The van der Waals surface area contributed by atoms with Crippen LogP contribution in [-0.4, -0.2) is 19.1 Å². The van der Waals surface area contributed by atoms with Gasteiger partial charge in [-0.1, -0.05) is 23.2 Å². The minimum absolute atomic E-state index is 0.316. The minimum atomic E-state index is -0.316. The van der Waals surface area contributed by atoms with Gasteiger partial charge in [0, 0.05) is 10.6 Å². The van der Waals surface area contributed by atoms with Crippen LogP contribution >= 0.6 is 39.1 Å². The van der Waals surface area contributed by atoms with E-state index >= 15 is 0 Å². The SMILES string of the molecule is CCOc1cc(C(=O)Nc2ccc(Cl)cc2Cl)cc(Br)c1OCC. The molecule has 0 saturated carbocycles. The Morgan fingerprint density at radius 2 is 1.83 bits per heavy atom. The number of hydrogen-bond donors (Lipinski definition) is 1. The van der Waals surface area contributed by atoms with Gasteiger partial charge in [-0.05, 0) is 60.1 Å². The van der Waals surface area contributed by atoms with Crippen LogP contribution in [0, 0.1) is 0 Å². The molecule has 0 atom stereocenters. The van der Waals surface area contributed by atoms with Gasteiger partial charge in [-0.3, -0.25) is 4.79 Å². The van der Waals surface area contributed by atoms with Crippen LogP contribution in [0.5, 0.6) is 11.5 Å². The number of carbonyl (C=O) groups excluding carboxylic acids is 1. The molecule has 0 radical (unpaired) electrons. The Kier molecular flexibility index (Phi) is 6.78. The Morgan fingerprint density at radius 1 is 1.12 bits per heavy atom. The molecule has 0 unspecified atom stereocenters. The fraction of sp³-hybridized carbons (Fsp3) is 0.235. The second-order valence-electron chi connectivity index (χ2n) is 4.73. The normalized spacial score (nSPS) is 10.4. The summed E-state index contributed by atoms with van der Waals surface area (Å²) in [5, 5.41) is 3.62. The van der Waals surface area contributed by atoms with Gasteiger partial charge in [0.15, 0.2) is 11.5 Å². The van der Waals surface area contributed by atoms with Gasteiger partial charge in [0.1, 0.15) is 0 Å². The molecule has 0 bridgehead atoms. The fourth-order valence-corrected chi connectivity index (χ4v) is 3.04. The Bertz CT molecular complexity index is 753. The van der Waals surface area contributed by atoms with Gasteiger partial charge in [-0.15, -0.1) is 0 Å². The predicted octanol–water partition coefficient (Wildman–Crippen LogP) is 5.81. The van der Waals surface area contributed by atoms with Crippen LogP contribution < -0.4 is 14.8 Å². The van der Waals surface area contributed by atoms with Crippen molar-refractivity contribution in [1.29, 1.82) is 0 Å². The van der Waals surface area contributed by atoms with E-state index < -0.39 is 0 Å². The lowest BCUT2D eigenvalue weighted by Gasteiger charge is -2.15. The summed E-state index contributed by atoms with van der Waals surface area (Å²) in [7, 11) is 0. The molecule has 2 rings (SSSR count). The van der Waals surface area contributed by atoms with Gasteiger partial charge in [0.05, 0.1) is 28.4 Å². The number of ether oxygens (including phenoxy) is 2. The van der Waals surface area contributed by atoms with E-state index in [2.05, 4.69) is 21.2 Å². The lowest BCUT2D eigenvalue weighted by atomic mass is 10.1. The van der Waals surface area contributed by atoms with Crippen LogP contribution in [0.4, 0.5) is 5.69 Å². The first-order chi connectivity index (χ1) is 11.5. The van der Waals surface area contributed by atoms with Gasteiger partial charge in [-0.2, -0.15) is 0 Å². The molecule has 0 aliphatic heterocycles. The molecule has 0 aromatic heterocycles. The van der Waals surface area contributed by atoms with E-state index in [4.69, 9.17) is 32.7 Å². The summed E-state index contributed by atoms with van der Waals surface area (Å²) in [6.07, 6.45) is 0. The fourth-order valence-electron chi connectivity index (χ4n) is 2.03. The topological polar surface area (TPSA) is 47.6 Å². The lowest BCUT2D eigenvalue weighted by molar-refractivity contribution is 0.102. The number of anilines is 1. The van der Waals surface area contributed by atoms with Crippen molar-refractivity contribution in [2.75, 3.05) is 18.5 Å². The highest BCUT2D eigenvalue weighted by atomic mass is 79.9. The summed E-state index contributed by atoms with van der Waals surface area (Å²) < 4.78 is 11.8.